The van der Waals surface area contributed by atoms with Crippen molar-refractivity contribution in [3.63, 3.8) is 0 Å². The highest BCUT2D eigenvalue weighted by Gasteiger charge is 2.43. The third-order valence-electron chi connectivity index (χ3n) is 4.02. The monoisotopic (exact) mass is 373 g/mol. The number of nitrogens with one attached hydrogen (secondary N) is 1. The van der Waals surface area contributed by atoms with Crippen LogP contribution in [0.3, 0.4) is 0 Å². The van der Waals surface area contributed by atoms with E-state index in [1.54, 1.807) is 0 Å². The highest BCUT2D eigenvalue weighted by Crippen LogP contribution is 2.45. The molecule has 0 atom stereocenters. The van der Waals surface area contributed by atoms with E-state index in [0.717, 1.165) is 25.7 Å². The van der Waals surface area contributed by atoms with Crippen molar-refractivity contribution in [2.45, 2.75) is 36.6 Å². The number of benzene rings is 1. The van der Waals surface area contributed by atoms with Gasteiger partial charge in [0.15, 0.2) is 0 Å². The summed E-state index contributed by atoms with van der Waals surface area (Å²) in [6.07, 6.45) is 4.34. The summed E-state index contributed by atoms with van der Waals surface area (Å²) in [5.74, 6) is -0.157. The number of sulfonamides is 1. The average molecular weight is 374 g/mol. The minimum absolute atomic E-state index is 0.0288. The molecule has 7 heteroatoms. The molecule has 0 amide bonds. The van der Waals surface area contributed by atoms with Crippen LogP contribution in [0.2, 0.25) is 0 Å². The van der Waals surface area contributed by atoms with Crippen LogP contribution in [0.4, 0.5) is 0 Å². The van der Waals surface area contributed by atoms with Crippen LogP contribution in [0, 0.1) is 11.8 Å². The molecule has 0 radical (unpaired) electrons. The first-order valence-corrected chi connectivity index (χ1v) is 9.21. The van der Waals surface area contributed by atoms with Gasteiger partial charge in [0.05, 0.1) is 10.5 Å². The van der Waals surface area contributed by atoms with Crippen molar-refractivity contribution in [3.05, 3.63) is 28.2 Å². The van der Waals surface area contributed by atoms with Crippen LogP contribution in [0.1, 0.15) is 36.0 Å². The number of carboxylic acid groups (broad SMARTS) is 1. The van der Waals surface area contributed by atoms with E-state index < -0.39 is 16.0 Å². The van der Waals surface area contributed by atoms with Gasteiger partial charge in [-0.1, -0.05) is 0 Å². The molecule has 0 aliphatic heterocycles. The Hall–Kier alpha value is -0.920. The summed E-state index contributed by atoms with van der Waals surface area (Å²) in [6.45, 7) is 0. The molecule has 0 spiro atoms. The zero-order chi connectivity index (χ0) is 15.2. The van der Waals surface area contributed by atoms with Crippen LogP contribution in [0.5, 0.6) is 0 Å². The zero-order valence-corrected chi connectivity index (χ0v) is 13.7. The Balaban J connectivity index is 1.85. The molecule has 3 rings (SSSR count). The summed E-state index contributed by atoms with van der Waals surface area (Å²) < 4.78 is 28.1. The molecule has 0 bridgehead atoms. The molecule has 21 heavy (non-hydrogen) atoms. The van der Waals surface area contributed by atoms with Crippen molar-refractivity contribution in [2.75, 3.05) is 0 Å². The maximum absolute atomic E-state index is 12.5. The van der Waals surface area contributed by atoms with Crippen LogP contribution in [0.25, 0.3) is 0 Å². The predicted molar refractivity (Wildman–Crippen MR) is 80.7 cm³/mol. The largest absolute Gasteiger partial charge is 0.478 e. The van der Waals surface area contributed by atoms with Gasteiger partial charge in [-0.2, -0.15) is 0 Å². The average Bonchev–Trinajstić information content (AvgIpc) is 3.27. The van der Waals surface area contributed by atoms with Gasteiger partial charge in [0.2, 0.25) is 10.0 Å². The minimum atomic E-state index is -3.63. The van der Waals surface area contributed by atoms with Crippen molar-refractivity contribution in [1.29, 1.82) is 0 Å². The minimum Gasteiger partial charge on any atom is -0.478 e. The Morgan fingerprint density at radius 2 is 1.81 bits per heavy atom. The van der Waals surface area contributed by atoms with Gasteiger partial charge in [-0.25, -0.2) is 17.9 Å². The molecule has 2 aliphatic carbocycles. The van der Waals surface area contributed by atoms with Gasteiger partial charge in [-0.05, 0) is 71.6 Å². The Morgan fingerprint density at radius 3 is 2.24 bits per heavy atom. The fourth-order valence-electron chi connectivity index (χ4n) is 2.58. The topological polar surface area (TPSA) is 83.5 Å². The molecule has 1 aromatic rings. The van der Waals surface area contributed by atoms with Gasteiger partial charge in [-0.3, -0.25) is 0 Å². The second kappa shape index (κ2) is 5.37. The quantitative estimate of drug-likeness (QED) is 0.802. The second-order valence-electron chi connectivity index (χ2n) is 5.77. The number of hydrogen-bond donors (Lipinski definition) is 2. The smallest absolute Gasteiger partial charge is 0.335 e. The second-order valence-corrected chi connectivity index (χ2v) is 8.31. The summed E-state index contributed by atoms with van der Waals surface area (Å²) in [7, 11) is -3.63. The Kier molecular flexibility index (Phi) is 3.83. The van der Waals surface area contributed by atoms with Crippen molar-refractivity contribution in [2.24, 2.45) is 11.8 Å². The highest BCUT2D eigenvalue weighted by atomic mass is 79.9. The summed E-state index contributed by atoms with van der Waals surface area (Å²) in [5.41, 5.74) is 0.0572. The van der Waals surface area contributed by atoms with Gasteiger partial charge in [0, 0.05) is 10.5 Å². The van der Waals surface area contributed by atoms with E-state index in [9.17, 15) is 13.2 Å². The lowest BCUT2D eigenvalue weighted by atomic mass is 10.1. The van der Waals surface area contributed by atoms with E-state index in [0.29, 0.717) is 11.8 Å². The third-order valence-corrected chi connectivity index (χ3v) is 6.46. The molecule has 2 fully saturated rings. The summed E-state index contributed by atoms with van der Waals surface area (Å²) in [4.78, 5) is 11.0. The summed E-state index contributed by atoms with van der Waals surface area (Å²) in [5, 5.41) is 8.92. The van der Waals surface area contributed by atoms with E-state index >= 15 is 0 Å². The molecule has 1 aromatic carbocycles. The van der Waals surface area contributed by atoms with E-state index in [-0.39, 0.29) is 21.0 Å². The lowest BCUT2D eigenvalue weighted by Crippen LogP contribution is -2.38. The standard InChI is InChI=1S/C14H16BrNO4S/c15-11-7-10(14(17)18)5-6-12(11)21(19,20)16-13(8-1-2-8)9-3-4-9/h5-9,13,16H,1-4H2,(H,17,18). The first-order valence-electron chi connectivity index (χ1n) is 6.93. The van der Waals surface area contributed by atoms with E-state index in [1.165, 1.54) is 18.2 Å². The molecule has 114 valence electrons. The number of halogens is 1. The molecule has 0 saturated heterocycles. The van der Waals surface area contributed by atoms with Gasteiger partial charge in [0.25, 0.3) is 0 Å². The van der Waals surface area contributed by atoms with E-state index in [2.05, 4.69) is 20.7 Å². The molecule has 0 heterocycles. The van der Waals surface area contributed by atoms with Crippen molar-refractivity contribution >= 4 is 31.9 Å². The maximum atomic E-state index is 12.5. The van der Waals surface area contributed by atoms with Crippen molar-refractivity contribution in [3.8, 4) is 0 Å². The first kappa shape index (κ1) is 15.0. The molecular weight excluding hydrogens is 358 g/mol. The Bertz CT molecular complexity index is 668. The lowest BCUT2D eigenvalue weighted by molar-refractivity contribution is 0.0696. The molecule has 2 N–H and O–H groups in total. The maximum Gasteiger partial charge on any atom is 0.335 e. The normalized spacial score (nSPS) is 19.0. The van der Waals surface area contributed by atoms with Gasteiger partial charge >= 0.3 is 5.97 Å². The van der Waals surface area contributed by atoms with Crippen LogP contribution >= 0.6 is 15.9 Å². The van der Waals surface area contributed by atoms with E-state index in [4.69, 9.17) is 5.11 Å². The number of carbonyl (C=O) groups is 1. The molecule has 0 unspecified atom stereocenters. The van der Waals surface area contributed by atoms with Gasteiger partial charge in [-0.15, -0.1) is 0 Å². The van der Waals surface area contributed by atoms with Gasteiger partial charge in [0.1, 0.15) is 0 Å². The van der Waals surface area contributed by atoms with Gasteiger partial charge < -0.3 is 5.11 Å². The summed E-state index contributed by atoms with van der Waals surface area (Å²) in [6, 6.07) is 4.00. The number of rotatable bonds is 6. The number of hydrogen-bond acceptors (Lipinski definition) is 3. The van der Waals surface area contributed by atoms with Crippen LogP contribution < -0.4 is 4.72 Å². The SMILES string of the molecule is O=C(O)c1ccc(S(=O)(=O)NC(C2CC2)C2CC2)c(Br)c1. The van der Waals surface area contributed by atoms with Crippen LogP contribution in [-0.4, -0.2) is 25.5 Å². The molecule has 2 saturated carbocycles. The molecule has 2 aliphatic rings. The zero-order valence-electron chi connectivity index (χ0n) is 11.3. The predicted octanol–water partition coefficient (Wildman–Crippen LogP) is 2.61. The van der Waals surface area contributed by atoms with Crippen molar-refractivity contribution in [1.82, 2.24) is 4.72 Å². The Labute approximate surface area is 131 Å². The van der Waals surface area contributed by atoms with E-state index in [1.807, 2.05) is 0 Å². The third kappa shape index (κ3) is 3.30. The number of carboxylic acids is 1. The molecule has 0 aromatic heterocycles. The Morgan fingerprint density at radius 1 is 1.24 bits per heavy atom. The fourth-order valence-corrected chi connectivity index (χ4v) is 5.03. The van der Waals surface area contributed by atoms with Crippen LogP contribution in [-0.2, 0) is 10.0 Å². The molecular formula is C14H16BrNO4S. The fraction of sp³-hybridized carbons (Fsp3) is 0.500. The molecule has 5 nitrogen and oxygen atoms in total. The first-order chi connectivity index (χ1) is 9.88. The van der Waals surface area contributed by atoms with Crippen LogP contribution in [0.15, 0.2) is 27.6 Å². The lowest BCUT2D eigenvalue weighted by Gasteiger charge is -2.18. The van der Waals surface area contributed by atoms with Crippen molar-refractivity contribution < 1.29 is 18.3 Å². The number of aromatic carboxylic acids is 1. The summed E-state index contributed by atoms with van der Waals surface area (Å²) >= 11 is 3.16. The highest BCUT2D eigenvalue weighted by molar-refractivity contribution is 9.10.